The first-order valence-corrected chi connectivity index (χ1v) is 4.34. The molecular formula is C6H10Cl3O. The van der Waals surface area contributed by atoms with Crippen LogP contribution in [0.1, 0.15) is 0 Å². The van der Waals surface area contributed by atoms with E-state index in [2.05, 4.69) is 6.92 Å². The summed E-state index contributed by atoms with van der Waals surface area (Å²) in [6.07, 6.45) is 0. The SMILES string of the molecule is [CH2]COCC(Cl)C(Cl)CCl. The Bertz CT molecular complexity index is 79.4. The summed E-state index contributed by atoms with van der Waals surface area (Å²) in [4.78, 5) is 0. The van der Waals surface area contributed by atoms with Gasteiger partial charge in [0.2, 0.25) is 0 Å². The normalized spacial score (nSPS) is 16.8. The molecule has 4 heteroatoms. The first kappa shape index (κ1) is 10.8. The Kier molecular flexibility index (Phi) is 7.08. The maximum Gasteiger partial charge on any atom is 0.0744 e. The molecule has 2 atom stereocenters. The lowest BCUT2D eigenvalue weighted by molar-refractivity contribution is 0.160. The van der Waals surface area contributed by atoms with Gasteiger partial charge in [-0.1, -0.05) is 0 Å². The third-order valence-electron chi connectivity index (χ3n) is 0.961. The zero-order valence-corrected chi connectivity index (χ0v) is 7.79. The summed E-state index contributed by atoms with van der Waals surface area (Å²) in [6.45, 7) is 4.31. The lowest BCUT2D eigenvalue weighted by Gasteiger charge is -2.12. The Hall–Kier alpha value is 0.830. The lowest BCUT2D eigenvalue weighted by Crippen LogP contribution is -2.22. The van der Waals surface area contributed by atoms with Crippen LogP contribution in [-0.2, 0) is 4.74 Å². The molecular weight excluding hydrogens is 194 g/mol. The van der Waals surface area contributed by atoms with Gasteiger partial charge in [0.1, 0.15) is 0 Å². The van der Waals surface area contributed by atoms with Crippen molar-refractivity contribution in [2.75, 3.05) is 19.1 Å². The second-order valence-corrected chi connectivity index (χ2v) is 3.19. The molecule has 1 radical (unpaired) electrons. The molecule has 0 aliphatic carbocycles. The van der Waals surface area contributed by atoms with Crippen molar-refractivity contribution >= 4 is 34.8 Å². The summed E-state index contributed by atoms with van der Waals surface area (Å²) >= 11 is 16.9. The molecule has 0 fully saturated rings. The van der Waals surface area contributed by atoms with Crippen molar-refractivity contribution in [2.45, 2.75) is 10.8 Å². The molecule has 61 valence electrons. The molecule has 2 unspecified atom stereocenters. The van der Waals surface area contributed by atoms with Crippen LogP contribution in [0.15, 0.2) is 0 Å². The Morgan fingerprint density at radius 2 is 1.90 bits per heavy atom. The topological polar surface area (TPSA) is 9.23 Å². The lowest BCUT2D eigenvalue weighted by atomic mass is 10.3. The van der Waals surface area contributed by atoms with Crippen molar-refractivity contribution in [1.82, 2.24) is 0 Å². The molecule has 0 aromatic heterocycles. The van der Waals surface area contributed by atoms with Crippen LogP contribution in [-0.4, -0.2) is 29.8 Å². The largest absolute Gasteiger partial charge is 0.380 e. The Balaban J connectivity index is 3.31. The number of hydrogen-bond acceptors (Lipinski definition) is 1. The maximum atomic E-state index is 5.74. The van der Waals surface area contributed by atoms with Crippen LogP contribution in [0, 0.1) is 6.92 Å². The van der Waals surface area contributed by atoms with Gasteiger partial charge in [0.25, 0.3) is 0 Å². The van der Waals surface area contributed by atoms with E-state index in [1.165, 1.54) is 0 Å². The van der Waals surface area contributed by atoms with Crippen molar-refractivity contribution in [3.05, 3.63) is 6.92 Å². The van der Waals surface area contributed by atoms with Crippen molar-refractivity contribution in [3.63, 3.8) is 0 Å². The Morgan fingerprint density at radius 1 is 1.30 bits per heavy atom. The highest BCUT2D eigenvalue weighted by molar-refractivity contribution is 6.33. The fourth-order valence-electron chi connectivity index (χ4n) is 0.397. The molecule has 0 heterocycles. The van der Waals surface area contributed by atoms with Gasteiger partial charge in [-0.25, -0.2) is 0 Å². The van der Waals surface area contributed by atoms with E-state index in [1.807, 2.05) is 0 Å². The summed E-state index contributed by atoms with van der Waals surface area (Å²) in [5, 5.41) is -0.448. The maximum absolute atomic E-state index is 5.74. The number of hydrogen-bond donors (Lipinski definition) is 0. The van der Waals surface area contributed by atoms with E-state index >= 15 is 0 Å². The third-order valence-corrected chi connectivity index (χ3v) is 2.47. The average Bonchev–Trinajstić information content (AvgIpc) is 1.98. The van der Waals surface area contributed by atoms with Crippen LogP contribution < -0.4 is 0 Å². The van der Waals surface area contributed by atoms with Gasteiger partial charge in [-0.15, -0.1) is 34.8 Å². The third kappa shape index (κ3) is 4.62. The fourth-order valence-corrected chi connectivity index (χ4v) is 0.954. The molecule has 0 saturated heterocycles. The van der Waals surface area contributed by atoms with Crippen LogP contribution in [0.25, 0.3) is 0 Å². The van der Waals surface area contributed by atoms with Crippen LogP contribution in [0.2, 0.25) is 0 Å². The van der Waals surface area contributed by atoms with E-state index in [9.17, 15) is 0 Å². The van der Waals surface area contributed by atoms with E-state index in [0.29, 0.717) is 19.1 Å². The molecule has 0 amide bonds. The van der Waals surface area contributed by atoms with Gasteiger partial charge in [-0.2, -0.15) is 0 Å². The Morgan fingerprint density at radius 3 is 2.30 bits per heavy atom. The molecule has 0 N–H and O–H groups in total. The smallest absolute Gasteiger partial charge is 0.0744 e. The molecule has 0 saturated carbocycles. The van der Waals surface area contributed by atoms with Crippen molar-refractivity contribution < 1.29 is 4.74 Å². The number of halogens is 3. The van der Waals surface area contributed by atoms with E-state index in [1.54, 1.807) is 0 Å². The predicted octanol–water partition coefficient (Wildman–Crippen LogP) is 2.29. The molecule has 0 aromatic rings. The van der Waals surface area contributed by atoms with Crippen LogP contribution in [0.5, 0.6) is 0 Å². The first-order chi connectivity index (χ1) is 4.72. The summed E-state index contributed by atoms with van der Waals surface area (Å²) in [5.41, 5.74) is 0. The second-order valence-electron chi connectivity index (χ2n) is 1.76. The second kappa shape index (κ2) is 6.53. The highest BCUT2D eigenvalue weighted by Gasteiger charge is 2.14. The van der Waals surface area contributed by atoms with E-state index in [0.717, 1.165) is 0 Å². The van der Waals surface area contributed by atoms with Gasteiger partial charge in [0.15, 0.2) is 0 Å². The minimum absolute atomic E-state index is 0.221. The number of alkyl halides is 3. The van der Waals surface area contributed by atoms with Crippen molar-refractivity contribution in [3.8, 4) is 0 Å². The molecule has 0 aromatic carbocycles. The van der Waals surface area contributed by atoms with Gasteiger partial charge >= 0.3 is 0 Å². The number of ether oxygens (including phenoxy) is 1. The molecule has 1 nitrogen and oxygen atoms in total. The van der Waals surface area contributed by atoms with E-state index < -0.39 is 0 Å². The monoisotopic (exact) mass is 203 g/mol. The molecule has 0 rings (SSSR count). The number of rotatable bonds is 5. The van der Waals surface area contributed by atoms with Crippen LogP contribution in [0.3, 0.4) is 0 Å². The van der Waals surface area contributed by atoms with Gasteiger partial charge in [-0.05, 0) is 6.92 Å². The summed E-state index contributed by atoms with van der Waals surface area (Å²) in [7, 11) is 0. The highest BCUT2D eigenvalue weighted by atomic mass is 35.5. The predicted molar refractivity (Wildman–Crippen MR) is 46.2 cm³/mol. The van der Waals surface area contributed by atoms with Gasteiger partial charge in [0.05, 0.1) is 17.4 Å². The minimum atomic E-state index is -0.227. The van der Waals surface area contributed by atoms with Gasteiger partial charge in [-0.3, -0.25) is 0 Å². The van der Waals surface area contributed by atoms with E-state index in [-0.39, 0.29) is 10.8 Å². The molecule has 0 aliphatic heterocycles. The van der Waals surface area contributed by atoms with Crippen LogP contribution >= 0.6 is 34.8 Å². The Labute approximate surface area is 76.6 Å². The highest BCUT2D eigenvalue weighted by Crippen LogP contribution is 2.11. The zero-order valence-electron chi connectivity index (χ0n) is 5.53. The molecule has 10 heavy (non-hydrogen) atoms. The van der Waals surface area contributed by atoms with E-state index in [4.69, 9.17) is 39.5 Å². The standard InChI is InChI=1S/C6H10Cl3O/c1-2-10-4-6(9)5(8)3-7/h5-6H,1-4H2. The molecule has 0 spiro atoms. The zero-order chi connectivity index (χ0) is 7.98. The van der Waals surface area contributed by atoms with Gasteiger partial charge in [0, 0.05) is 12.5 Å². The fraction of sp³-hybridized carbons (Fsp3) is 0.833. The summed E-state index contributed by atoms with van der Waals surface area (Å²) in [5.74, 6) is 0.343. The quantitative estimate of drug-likeness (QED) is 0.625. The van der Waals surface area contributed by atoms with Gasteiger partial charge < -0.3 is 4.74 Å². The van der Waals surface area contributed by atoms with Crippen molar-refractivity contribution in [1.29, 1.82) is 0 Å². The summed E-state index contributed by atoms with van der Waals surface area (Å²) in [6, 6.07) is 0. The average molecular weight is 205 g/mol. The molecule has 0 bridgehead atoms. The minimum Gasteiger partial charge on any atom is -0.380 e. The first-order valence-electron chi connectivity index (χ1n) is 2.93. The molecule has 0 aliphatic rings. The van der Waals surface area contributed by atoms with Crippen LogP contribution in [0.4, 0.5) is 0 Å². The summed E-state index contributed by atoms with van der Waals surface area (Å²) < 4.78 is 4.93. The van der Waals surface area contributed by atoms with Crippen molar-refractivity contribution in [2.24, 2.45) is 0 Å².